The Kier molecular flexibility index (Phi) is 4.55. The van der Waals surface area contributed by atoms with Crippen molar-refractivity contribution < 1.29 is 4.39 Å². The monoisotopic (exact) mass is 229 g/mol. The van der Waals surface area contributed by atoms with Gasteiger partial charge in [0.1, 0.15) is 5.82 Å². The summed E-state index contributed by atoms with van der Waals surface area (Å²) in [7, 11) is 0. The van der Waals surface area contributed by atoms with E-state index in [1.165, 1.54) is 0 Å². The third-order valence-corrected chi connectivity index (χ3v) is 3.07. The summed E-state index contributed by atoms with van der Waals surface area (Å²) in [6.45, 7) is 4.02. The first-order valence-corrected chi connectivity index (χ1v) is 5.62. The number of halogens is 2. The minimum Gasteiger partial charge on any atom is -0.328 e. The molecule has 0 saturated carbocycles. The number of rotatable bonds is 4. The van der Waals surface area contributed by atoms with Gasteiger partial charge in [0, 0.05) is 6.04 Å². The van der Waals surface area contributed by atoms with E-state index in [9.17, 15) is 4.39 Å². The molecule has 15 heavy (non-hydrogen) atoms. The molecular weight excluding hydrogens is 213 g/mol. The van der Waals surface area contributed by atoms with Crippen LogP contribution in [0.4, 0.5) is 4.39 Å². The molecule has 84 valence electrons. The molecule has 3 heteroatoms. The molecule has 0 fully saturated rings. The predicted octanol–water partition coefficient (Wildman–Crippen LogP) is 3.40. The molecule has 0 aromatic heterocycles. The summed E-state index contributed by atoms with van der Waals surface area (Å²) in [5, 5.41) is 0.187. The summed E-state index contributed by atoms with van der Waals surface area (Å²) >= 11 is 5.71. The lowest BCUT2D eigenvalue weighted by Gasteiger charge is -2.19. The van der Waals surface area contributed by atoms with Crippen molar-refractivity contribution in [1.82, 2.24) is 0 Å². The van der Waals surface area contributed by atoms with Crippen LogP contribution in [0, 0.1) is 11.7 Å². The van der Waals surface area contributed by atoms with Crippen LogP contribution in [0.3, 0.4) is 0 Å². The molecular formula is C12H17ClFN. The Morgan fingerprint density at radius 2 is 2.13 bits per heavy atom. The number of hydrogen-bond acceptors (Lipinski definition) is 1. The summed E-state index contributed by atoms with van der Waals surface area (Å²) in [6, 6.07) is 5.18. The standard InChI is InChI=1S/C12H17ClFN/c1-3-9(8(2)15)7-10-5-4-6-11(13)12(10)14/h4-6,8-9H,3,7,15H2,1-2H3. The molecule has 1 nitrogen and oxygen atoms in total. The van der Waals surface area contributed by atoms with Crippen molar-refractivity contribution in [2.45, 2.75) is 32.7 Å². The molecule has 2 N–H and O–H groups in total. The van der Waals surface area contributed by atoms with Crippen LogP contribution in [0.1, 0.15) is 25.8 Å². The molecule has 0 amide bonds. The van der Waals surface area contributed by atoms with Gasteiger partial charge in [-0.1, -0.05) is 37.1 Å². The van der Waals surface area contributed by atoms with Gasteiger partial charge in [0.2, 0.25) is 0 Å². The Morgan fingerprint density at radius 1 is 1.47 bits per heavy atom. The van der Waals surface area contributed by atoms with Crippen LogP contribution in [0.25, 0.3) is 0 Å². The van der Waals surface area contributed by atoms with Crippen LogP contribution in [0.15, 0.2) is 18.2 Å². The molecule has 2 unspecified atom stereocenters. The molecule has 0 spiro atoms. The topological polar surface area (TPSA) is 26.0 Å². The number of benzene rings is 1. The van der Waals surface area contributed by atoms with E-state index in [2.05, 4.69) is 6.92 Å². The molecule has 0 aliphatic carbocycles. The Balaban J connectivity index is 2.84. The summed E-state index contributed by atoms with van der Waals surface area (Å²) < 4.78 is 13.6. The second-order valence-corrected chi connectivity index (χ2v) is 4.35. The van der Waals surface area contributed by atoms with Crippen LogP contribution >= 0.6 is 11.6 Å². The Bertz CT molecular complexity index is 325. The van der Waals surface area contributed by atoms with Crippen LogP contribution in [-0.4, -0.2) is 6.04 Å². The van der Waals surface area contributed by atoms with E-state index in [4.69, 9.17) is 17.3 Å². The van der Waals surface area contributed by atoms with Crippen LogP contribution in [0.5, 0.6) is 0 Å². The molecule has 0 bridgehead atoms. The third-order valence-electron chi connectivity index (χ3n) is 2.78. The van der Waals surface area contributed by atoms with Gasteiger partial charge < -0.3 is 5.73 Å². The third kappa shape index (κ3) is 3.18. The van der Waals surface area contributed by atoms with E-state index < -0.39 is 0 Å². The average molecular weight is 230 g/mol. The minimum absolute atomic E-state index is 0.0772. The van der Waals surface area contributed by atoms with Crippen molar-refractivity contribution in [3.8, 4) is 0 Å². The second-order valence-electron chi connectivity index (χ2n) is 3.94. The zero-order chi connectivity index (χ0) is 11.4. The molecule has 0 aliphatic heterocycles. The highest BCUT2D eigenvalue weighted by atomic mass is 35.5. The first kappa shape index (κ1) is 12.5. The van der Waals surface area contributed by atoms with Crippen molar-refractivity contribution in [3.63, 3.8) is 0 Å². The number of hydrogen-bond donors (Lipinski definition) is 1. The maximum atomic E-state index is 13.6. The molecule has 2 atom stereocenters. The van der Waals surface area contributed by atoms with Gasteiger partial charge in [0.15, 0.2) is 0 Å². The Labute approximate surface area is 95.4 Å². The molecule has 0 saturated heterocycles. The molecule has 1 aromatic rings. The predicted molar refractivity (Wildman–Crippen MR) is 62.5 cm³/mol. The fourth-order valence-corrected chi connectivity index (χ4v) is 1.88. The highest BCUT2D eigenvalue weighted by Crippen LogP contribution is 2.22. The van der Waals surface area contributed by atoms with Gasteiger partial charge in [-0.05, 0) is 30.9 Å². The van der Waals surface area contributed by atoms with Gasteiger partial charge >= 0.3 is 0 Å². The van der Waals surface area contributed by atoms with Gasteiger partial charge in [-0.15, -0.1) is 0 Å². The van der Waals surface area contributed by atoms with Crippen LogP contribution in [0.2, 0.25) is 5.02 Å². The smallest absolute Gasteiger partial charge is 0.144 e. The molecule has 0 aliphatic rings. The maximum Gasteiger partial charge on any atom is 0.144 e. The van der Waals surface area contributed by atoms with Gasteiger partial charge in [-0.25, -0.2) is 4.39 Å². The highest BCUT2D eigenvalue weighted by Gasteiger charge is 2.15. The minimum atomic E-state index is -0.307. The normalized spacial score (nSPS) is 15.0. The van der Waals surface area contributed by atoms with E-state index in [1.807, 2.05) is 6.92 Å². The Morgan fingerprint density at radius 3 is 2.67 bits per heavy atom. The number of nitrogens with two attached hydrogens (primary N) is 1. The molecule has 1 aromatic carbocycles. The van der Waals surface area contributed by atoms with E-state index >= 15 is 0 Å². The Hall–Kier alpha value is -0.600. The van der Waals surface area contributed by atoms with Gasteiger partial charge in [0.05, 0.1) is 5.02 Å². The molecule has 0 heterocycles. The van der Waals surface area contributed by atoms with Crippen molar-refractivity contribution in [2.75, 3.05) is 0 Å². The van der Waals surface area contributed by atoms with Gasteiger partial charge in [-0.3, -0.25) is 0 Å². The van der Waals surface area contributed by atoms with E-state index in [1.54, 1.807) is 18.2 Å². The summed E-state index contributed by atoms with van der Waals surface area (Å²) in [5.41, 5.74) is 6.49. The van der Waals surface area contributed by atoms with Crippen LogP contribution in [-0.2, 0) is 6.42 Å². The fraction of sp³-hybridized carbons (Fsp3) is 0.500. The first-order valence-electron chi connectivity index (χ1n) is 5.24. The second kappa shape index (κ2) is 5.47. The van der Waals surface area contributed by atoms with Gasteiger partial charge in [0.25, 0.3) is 0 Å². The van der Waals surface area contributed by atoms with Crippen molar-refractivity contribution in [1.29, 1.82) is 0 Å². The lowest BCUT2D eigenvalue weighted by Crippen LogP contribution is -2.27. The fourth-order valence-electron chi connectivity index (χ4n) is 1.69. The van der Waals surface area contributed by atoms with E-state index in [0.717, 1.165) is 6.42 Å². The lowest BCUT2D eigenvalue weighted by atomic mass is 9.91. The quantitative estimate of drug-likeness (QED) is 0.842. The summed E-state index contributed by atoms with van der Waals surface area (Å²) in [6.07, 6.45) is 1.60. The maximum absolute atomic E-state index is 13.6. The molecule has 1 rings (SSSR count). The van der Waals surface area contributed by atoms with Crippen molar-refractivity contribution in [3.05, 3.63) is 34.6 Å². The average Bonchev–Trinajstić information content (AvgIpc) is 2.19. The van der Waals surface area contributed by atoms with E-state index in [0.29, 0.717) is 17.9 Å². The SMILES string of the molecule is CCC(Cc1cccc(Cl)c1F)C(C)N. The zero-order valence-electron chi connectivity index (χ0n) is 9.13. The highest BCUT2D eigenvalue weighted by molar-refractivity contribution is 6.30. The summed E-state index contributed by atoms with van der Waals surface area (Å²) in [5.74, 6) is -0.00349. The molecule has 0 radical (unpaired) electrons. The van der Waals surface area contributed by atoms with Crippen molar-refractivity contribution >= 4 is 11.6 Å². The van der Waals surface area contributed by atoms with E-state index in [-0.39, 0.29) is 16.9 Å². The largest absolute Gasteiger partial charge is 0.328 e. The summed E-state index contributed by atoms with van der Waals surface area (Å²) in [4.78, 5) is 0. The van der Waals surface area contributed by atoms with Crippen LogP contribution < -0.4 is 5.73 Å². The lowest BCUT2D eigenvalue weighted by molar-refractivity contribution is 0.420. The van der Waals surface area contributed by atoms with Crippen molar-refractivity contribution in [2.24, 2.45) is 11.7 Å². The van der Waals surface area contributed by atoms with Gasteiger partial charge in [-0.2, -0.15) is 0 Å². The zero-order valence-corrected chi connectivity index (χ0v) is 9.89. The first-order chi connectivity index (χ1) is 7.06.